The van der Waals surface area contributed by atoms with Gasteiger partial charge in [0.1, 0.15) is 17.2 Å². The smallest absolute Gasteiger partial charge is 0.548 e. The third-order valence-corrected chi connectivity index (χ3v) is 4.54. The summed E-state index contributed by atoms with van der Waals surface area (Å²) in [6.07, 6.45) is 3.40. The third kappa shape index (κ3) is 2.89. The van der Waals surface area contributed by atoms with Crippen molar-refractivity contribution in [2.24, 2.45) is 0 Å². The maximum atomic E-state index is 12.8. The number of carboxylic acids is 1. The van der Waals surface area contributed by atoms with E-state index in [1.807, 2.05) is 37.3 Å². The van der Waals surface area contributed by atoms with E-state index in [4.69, 9.17) is 0 Å². The summed E-state index contributed by atoms with van der Waals surface area (Å²) in [6, 6.07) is 8.60. The Morgan fingerprint density at radius 2 is 1.96 bits per heavy atom. The summed E-state index contributed by atoms with van der Waals surface area (Å²) in [5.74, 6) is -0.543. The summed E-state index contributed by atoms with van der Waals surface area (Å²) in [5.41, 5.74) is 1.53. The van der Waals surface area contributed by atoms with Crippen molar-refractivity contribution in [2.45, 2.75) is 25.3 Å². The number of hydrogen-bond donors (Lipinski definition) is 1. The van der Waals surface area contributed by atoms with Gasteiger partial charge in [-0.05, 0) is 12.0 Å². The molecule has 1 aliphatic heterocycles. The molecule has 0 saturated heterocycles. The second-order valence-corrected chi connectivity index (χ2v) is 6.19. The Labute approximate surface area is 161 Å². The number of carbonyl (C=O) groups is 1. The summed E-state index contributed by atoms with van der Waals surface area (Å²) in [4.78, 5) is 35.9. The summed E-state index contributed by atoms with van der Waals surface area (Å²) in [7, 11) is 0. The maximum Gasteiger partial charge on any atom is 1.00 e. The Morgan fingerprint density at radius 3 is 2.65 bits per heavy atom. The number of imidazole rings is 1. The average molecular weight is 342 g/mol. The van der Waals surface area contributed by atoms with Crippen molar-refractivity contribution in [2.75, 3.05) is 0 Å². The number of benzene rings is 1. The maximum absolute atomic E-state index is 12.8. The number of aromatic amines is 1. The number of H-pyrrole nitrogens is 1. The van der Waals surface area contributed by atoms with Crippen molar-refractivity contribution >= 4 is 5.97 Å². The summed E-state index contributed by atoms with van der Waals surface area (Å²) in [6.45, 7) is 1.85. The van der Waals surface area contributed by atoms with Gasteiger partial charge in [0.25, 0.3) is 5.56 Å². The Kier molecular flexibility index (Phi) is 4.85. The van der Waals surface area contributed by atoms with Gasteiger partial charge >= 0.3 is 18.9 Å². The van der Waals surface area contributed by atoms with Gasteiger partial charge in [-0.15, -0.1) is 0 Å². The second kappa shape index (κ2) is 6.94. The largest absolute Gasteiger partial charge is 1.00 e. The monoisotopic (exact) mass is 342 g/mol. The number of aliphatic carboxylic acids is 1. The molecule has 1 aromatic carbocycles. The zero-order valence-corrected chi connectivity index (χ0v) is 14.5. The van der Waals surface area contributed by atoms with Crippen molar-refractivity contribution in [1.29, 1.82) is 0 Å². The first-order chi connectivity index (χ1) is 12.1. The quantitative estimate of drug-likeness (QED) is 0.560. The van der Waals surface area contributed by atoms with E-state index in [1.165, 1.54) is 10.8 Å². The van der Waals surface area contributed by atoms with Crippen LogP contribution in [-0.4, -0.2) is 25.5 Å². The fraction of sp³-hybridized carbons (Fsp3) is 0.222. The molecule has 0 spiro atoms. The minimum atomic E-state index is -1.27. The molecule has 4 rings (SSSR count). The zero-order valence-electron chi connectivity index (χ0n) is 14.5. The molecule has 3 aromatic rings. The number of nitrogens with zero attached hydrogens (tertiary/aromatic N) is 3. The van der Waals surface area contributed by atoms with Crippen LogP contribution in [0, 0.1) is 0 Å². The van der Waals surface area contributed by atoms with Crippen LogP contribution in [0.5, 0.6) is 0 Å². The van der Waals surface area contributed by atoms with Crippen LogP contribution < -0.4 is 29.5 Å². The third-order valence-electron chi connectivity index (χ3n) is 4.54. The van der Waals surface area contributed by atoms with E-state index in [9.17, 15) is 14.7 Å². The summed E-state index contributed by atoms with van der Waals surface area (Å²) in [5, 5.41) is 11.4. The molecule has 7 nitrogen and oxygen atoms in total. The van der Waals surface area contributed by atoms with Crippen molar-refractivity contribution in [3.05, 3.63) is 58.9 Å². The first kappa shape index (κ1) is 18.2. The Morgan fingerprint density at radius 1 is 1.23 bits per heavy atom. The van der Waals surface area contributed by atoms with Gasteiger partial charge < -0.3 is 14.9 Å². The van der Waals surface area contributed by atoms with E-state index >= 15 is 0 Å². The van der Waals surface area contributed by atoms with Gasteiger partial charge in [0, 0.05) is 12.1 Å². The number of rotatable bonds is 3. The van der Waals surface area contributed by atoms with Gasteiger partial charge in [-0.2, -0.15) is 0 Å². The molecule has 0 saturated carbocycles. The number of nitrogens with one attached hydrogen (secondary N) is 1. The molecule has 0 fully saturated rings. The van der Waals surface area contributed by atoms with Crippen LogP contribution in [0.3, 0.4) is 0 Å². The van der Waals surface area contributed by atoms with Crippen LogP contribution in [0.15, 0.2) is 47.5 Å². The van der Waals surface area contributed by atoms with Gasteiger partial charge in [0.2, 0.25) is 0 Å². The predicted molar refractivity (Wildman–Crippen MR) is 88.6 cm³/mol. The molecule has 0 amide bonds. The Balaban J connectivity index is 0.00000196. The molecular formula is C18H15LiN4O3. The first-order valence-electron chi connectivity index (χ1n) is 7.99. The van der Waals surface area contributed by atoms with Gasteiger partial charge in [0.05, 0.1) is 23.9 Å². The molecule has 0 unspecified atom stereocenters. The molecule has 1 N–H and O–H groups in total. The van der Waals surface area contributed by atoms with Crippen molar-refractivity contribution in [1.82, 2.24) is 19.5 Å². The molecule has 8 heteroatoms. The fourth-order valence-corrected chi connectivity index (χ4v) is 3.28. The molecule has 0 radical (unpaired) electrons. The van der Waals surface area contributed by atoms with Crippen molar-refractivity contribution in [3.63, 3.8) is 0 Å². The van der Waals surface area contributed by atoms with Crippen LogP contribution in [0.4, 0.5) is 0 Å². The second-order valence-electron chi connectivity index (χ2n) is 6.19. The van der Waals surface area contributed by atoms with Gasteiger partial charge in [-0.1, -0.05) is 37.3 Å². The minimum Gasteiger partial charge on any atom is -0.548 e. The Bertz CT molecular complexity index is 1010. The van der Waals surface area contributed by atoms with Crippen LogP contribution in [-0.2, 0) is 4.79 Å². The standard InChI is InChI=1S/C18H16N4O3.Li/c1-10-7-14(18(24)25)22-16(10)20-8-12(17(22)23)15-19-9-13(21-15)11-5-3-2-4-6-11;/h2-6,8-10,14H,7H2,1H3,(H,19,21)(H,24,25);/q;+1/p-1/t10-,14+;/m1./s1. The van der Waals surface area contributed by atoms with E-state index in [0.717, 1.165) is 11.3 Å². The van der Waals surface area contributed by atoms with Crippen molar-refractivity contribution in [3.8, 4) is 22.6 Å². The van der Waals surface area contributed by atoms with Crippen LogP contribution >= 0.6 is 0 Å². The van der Waals surface area contributed by atoms with E-state index in [0.29, 0.717) is 18.1 Å². The molecule has 126 valence electrons. The molecule has 26 heavy (non-hydrogen) atoms. The number of hydrogen-bond acceptors (Lipinski definition) is 5. The van der Waals surface area contributed by atoms with Crippen LogP contribution in [0.1, 0.15) is 31.1 Å². The van der Waals surface area contributed by atoms with Gasteiger partial charge in [0.15, 0.2) is 0 Å². The normalized spacial score (nSPS) is 18.2. The fourth-order valence-electron chi connectivity index (χ4n) is 3.28. The van der Waals surface area contributed by atoms with Crippen LogP contribution in [0.25, 0.3) is 22.6 Å². The van der Waals surface area contributed by atoms with E-state index in [1.54, 1.807) is 6.20 Å². The van der Waals surface area contributed by atoms with E-state index < -0.39 is 17.6 Å². The SMILES string of the molecule is C[C@@H]1C[C@@H](C(=O)[O-])n2c1ncc(-c1ncc(-c3ccccc3)[nH]1)c2=O.[Li+]. The molecule has 0 bridgehead atoms. The molecular weight excluding hydrogens is 327 g/mol. The predicted octanol–water partition coefficient (Wildman–Crippen LogP) is -1.90. The van der Waals surface area contributed by atoms with Crippen molar-refractivity contribution < 1.29 is 28.8 Å². The summed E-state index contributed by atoms with van der Waals surface area (Å²) >= 11 is 0. The summed E-state index contributed by atoms with van der Waals surface area (Å²) < 4.78 is 1.22. The molecule has 2 aromatic heterocycles. The minimum absolute atomic E-state index is 0. The molecule has 1 aliphatic rings. The van der Waals surface area contributed by atoms with Gasteiger partial charge in [-0.25, -0.2) is 9.97 Å². The average Bonchev–Trinajstić information content (AvgIpc) is 3.22. The van der Waals surface area contributed by atoms with E-state index in [2.05, 4.69) is 15.0 Å². The Hall–Kier alpha value is -2.62. The number of fused-ring (bicyclic) bond motifs is 1. The van der Waals surface area contributed by atoms with Crippen LogP contribution in [0.2, 0.25) is 0 Å². The first-order valence-corrected chi connectivity index (χ1v) is 7.99. The van der Waals surface area contributed by atoms with Gasteiger partial charge in [-0.3, -0.25) is 9.36 Å². The zero-order chi connectivity index (χ0) is 17.6. The molecule has 2 atom stereocenters. The number of carboxylic acid groups (broad SMARTS) is 1. The number of aromatic nitrogens is 4. The van der Waals surface area contributed by atoms with E-state index in [-0.39, 0.29) is 30.3 Å². The topological polar surface area (TPSA) is 104 Å². The molecule has 0 aliphatic carbocycles. The number of carbonyl (C=O) groups excluding carboxylic acids is 1. The molecule has 3 heterocycles.